The number of pyridine rings is 1. The zero-order chi connectivity index (χ0) is 15.4. The molecule has 0 spiro atoms. The second-order valence-corrected chi connectivity index (χ2v) is 5.15. The van der Waals surface area contributed by atoms with E-state index < -0.39 is 0 Å². The molecule has 0 aliphatic rings. The Kier molecular flexibility index (Phi) is 6.43. The molecule has 3 radical (unpaired) electrons. The average molecular weight is 308 g/mol. The number of benzene rings is 2. The average Bonchev–Trinajstić information content (AvgIpc) is 2.39. The van der Waals surface area contributed by atoms with Crippen molar-refractivity contribution in [2.75, 3.05) is 0 Å². The van der Waals surface area contributed by atoms with Gasteiger partial charge in [-0.25, -0.2) is 4.98 Å². The highest BCUT2D eigenvalue weighted by Gasteiger charge is 1.98. The molecule has 0 saturated carbocycles. The van der Waals surface area contributed by atoms with Crippen LogP contribution in [0.4, 0.5) is 0 Å². The molecule has 0 saturated heterocycles. The van der Waals surface area contributed by atoms with E-state index >= 15 is 0 Å². The summed E-state index contributed by atoms with van der Waals surface area (Å²) in [6.07, 6.45) is 0. The standard InChI is InChI=1S/C10H9NO.C8H10O.Al/c1-7-5-6-8-3-2-4-9(12)10(8)11-7;1-6-3-7(2)5-8(9)4-6;/h2-6,12H,1H3;3-5,9H,1-2H3;. The van der Waals surface area contributed by atoms with E-state index in [0.29, 0.717) is 11.3 Å². The van der Waals surface area contributed by atoms with Gasteiger partial charge in [0.05, 0.1) is 0 Å². The first kappa shape index (κ1) is 18.0. The molecule has 0 bridgehead atoms. The Morgan fingerprint density at radius 2 is 1.45 bits per heavy atom. The number of hydrogen-bond donors (Lipinski definition) is 2. The maximum atomic E-state index is 9.43. The summed E-state index contributed by atoms with van der Waals surface area (Å²) in [6, 6.07) is 14.8. The molecule has 0 amide bonds. The Hall–Kier alpha value is -2.02. The van der Waals surface area contributed by atoms with Gasteiger partial charge in [-0.15, -0.1) is 0 Å². The highest BCUT2D eigenvalue weighted by molar-refractivity contribution is 5.84. The van der Waals surface area contributed by atoms with E-state index in [-0.39, 0.29) is 23.1 Å². The highest BCUT2D eigenvalue weighted by atomic mass is 27.0. The van der Waals surface area contributed by atoms with Crippen LogP contribution in [0.25, 0.3) is 10.9 Å². The number of aryl methyl sites for hydroxylation is 3. The largest absolute Gasteiger partial charge is 0.508 e. The topological polar surface area (TPSA) is 53.4 Å². The van der Waals surface area contributed by atoms with E-state index in [9.17, 15) is 5.11 Å². The van der Waals surface area contributed by atoms with Gasteiger partial charge in [-0.3, -0.25) is 0 Å². The SMILES string of the molecule is Cc1cc(C)cc(O)c1.Cc1ccc2cccc(O)c2n1.[Al]. The zero-order valence-electron chi connectivity index (χ0n) is 13.0. The van der Waals surface area contributed by atoms with E-state index in [4.69, 9.17) is 5.11 Å². The molecule has 0 fully saturated rings. The van der Waals surface area contributed by atoms with Crippen LogP contribution < -0.4 is 0 Å². The molecule has 0 aliphatic carbocycles. The zero-order valence-corrected chi connectivity index (χ0v) is 14.2. The molecule has 0 unspecified atom stereocenters. The normalized spacial score (nSPS) is 9.59. The van der Waals surface area contributed by atoms with E-state index in [2.05, 4.69) is 4.98 Å². The number of phenols is 2. The maximum Gasteiger partial charge on any atom is 0.141 e. The van der Waals surface area contributed by atoms with Gasteiger partial charge in [-0.1, -0.05) is 24.3 Å². The molecule has 1 aromatic heterocycles. The van der Waals surface area contributed by atoms with Gasteiger partial charge in [-0.2, -0.15) is 0 Å². The van der Waals surface area contributed by atoms with Crippen LogP contribution in [-0.2, 0) is 0 Å². The number of para-hydroxylation sites is 1. The van der Waals surface area contributed by atoms with Crippen LogP contribution in [-0.4, -0.2) is 32.6 Å². The second kappa shape index (κ2) is 7.84. The van der Waals surface area contributed by atoms with Crippen molar-refractivity contribution in [3.8, 4) is 11.5 Å². The molecule has 111 valence electrons. The van der Waals surface area contributed by atoms with Gasteiger partial charge in [-0.05, 0) is 56.2 Å². The molecule has 0 atom stereocenters. The molecule has 22 heavy (non-hydrogen) atoms. The molecule has 3 nitrogen and oxygen atoms in total. The number of nitrogens with zero attached hydrogens (tertiary/aromatic N) is 1. The highest BCUT2D eigenvalue weighted by Crippen LogP contribution is 2.21. The molecule has 3 aromatic rings. The number of phenolic OH excluding ortho intramolecular Hbond substituents is 2. The predicted octanol–water partition coefficient (Wildman–Crippen LogP) is 3.88. The fourth-order valence-electron chi connectivity index (χ4n) is 2.18. The van der Waals surface area contributed by atoms with Gasteiger partial charge in [0.2, 0.25) is 0 Å². The molecule has 0 aliphatic heterocycles. The van der Waals surface area contributed by atoms with Gasteiger partial charge in [0.1, 0.15) is 17.0 Å². The predicted molar refractivity (Wildman–Crippen MR) is 91.5 cm³/mol. The van der Waals surface area contributed by atoms with Crippen LogP contribution in [0.15, 0.2) is 48.5 Å². The molecule has 4 heteroatoms. The quantitative estimate of drug-likeness (QED) is 0.620. The van der Waals surface area contributed by atoms with Crippen molar-refractivity contribution in [2.24, 2.45) is 0 Å². The summed E-state index contributed by atoms with van der Waals surface area (Å²) in [5.41, 5.74) is 3.81. The van der Waals surface area contributed by atoms with Crippen LogP contribution in [0, 0.1) is 20.8 Å². The summed E-state index contributed by atoms with van der Waals surface area (Å²) in [7, 11) is 0. The summed E-state index contributed by atoms with van der Waals surface area (Å²) in [4.78, 5) is 4.23. The van der Waals surface area contributed by atoms with Crippen molar-refractivity contribution >= 4 is 28.3 Å². The fraction of sp³-hybridized carbons (Fsp3) is 0.167. The lowest BCUT2D eigenvalue weighted by Gasteiger charge is -1.99. The number of hydrogen-bond acceptors (Lipinski definition) is 3. The van der Waals surface area contributed by atoms with Gasteiger partial charge >= 0.3 is 0 Å². The van der Waals surface area contributed by atoms with Crippen molar-refractivity contribution < 1.29 is 10.2 Å². The van der Waals surface area contributed by atoms with E-state index in [1.165, 1.54) is 0 Å². The fourth-order valence-corrected chi connectivity index (χ4v) is 2.18. The third kappa shape index (κ3) is 4.77. The Labute approximate surface area is 141 Å². The Balaban J connectivity index is 0.000000219. The minimum absolute atomic E-state index is 0. The monoisotopic (exact) mass is 308 g/mol. The third-order valence-corrected chi connectivity index (χ3v) is 3.04. The lowest BCUT2D eigenvalue weighted by molar-refractivity contribution is 0.474. The lowest BCUT2D eigenvalue weighted by Crippen LogP contribution is -1.82. The summed E-state index contributed by atoms with van der Waals surface area (Å²) < 4.78 is 0. The van der Waals surface area contributed by atoms with Crippen molar-refractivity contribution in [1.82, 2.24) is 4.98 Å². The van der Waals surface area contributed by atoms with Gasteiger partial charge in [0.15, 0.2) is 0 Å². The number of fused-ring (bicyclic) bond motifs is 1. The van der Waals surface area contributed by atoms with Crippen LogP contribution in [0.1, 0.15) is 16.8 Å². The lowest BCUT2D eigenvalue weighted by atomic mass is 10.1. The van der Waals surface area contributed by atoms with E-state index in [0.717, 1.165) is 22.2 Å². The first-order valence-corrected chi connectivity index (χ1v) is 6.78. The van der Waals surface area contributed by atoms with Crippen molar-refractivity contribution in [3.63, 3.8) is 0 Å². The first-order valence-electron chi connectivity index (χ1n) is 6.78. The van der Waals surface area contributed by atoms with Crippen molar-refractivity contribution in [1.29, 1.82) is 0 Å². The number of aromatic hydroxyl groups is 2. The van der Waals surface area contributed by atoms with Crippen LogP contribution >= 0.6 is 0 Å². The Bertz CT molecular complexity index is 722. The minimum atomic E-state index is 0. The third-order valence-electron chi connectivity index (χ3n) is 3.04. The van der Waals surface area contributed by atoms with Gasteiger partial charge in [0.25, 0.3) is 0 Å². The van der Waals surface area contributed by atoms with Crippen LogP contribution in [0.5, 0.6) is 11.5 Å². The molecule has 2 N–H and O–H groups in total. The summed E-state index contributed by atoms with van der Waals surface area (Å²) in [5, 5.41) is 19.4. The summed E-state index contributed by atoms with van der Waals surface area (Å²) in [5.74, 6) is 0.601. The molecule has 2 aromatic carbocycles. The van der Waals surface area contributed by atoms with Gasteiger partial charge in [0, 0.05) is 28.4 Å². The molecule has 1 heterocycles. The van der Waals surface area contributed by atoms with Crippen LogP contribution in [0.3, 0.4) is 0 Å². The summed E-state index contributed by atoms with van der Waals surface area (Å²) >= 11 is 0. The Morgan fingerprint density at radius 1 is 0.818 bits per heavy atom. The first-order chi connectivity index (χ1) is 9.95. The maximum absolute atomic E-state index is 9.43. The number of rotatable bonds is 0. The summed E-state index contributed by atoms with van der Waals surface area (Å²) in [6.45, 7) is 5.84. The van der Waals surface area contributed by atoms with Crippen LogP contribution in [0.2, 0.25) is 0 Å². The van der Waals surface area contributed by atoms with Gasteiger partial charge < -0.3 is 10.2 Å². The van der Waals surface area contributed by atoms with Crippen molar-refractivity contribution in [3.05, 3.63) is 65.4 Å². The Morgan fingerprint density at radius 3 is 2.05 bits per heavy atom. The van der Waals surface area contributed by atoms with E-state index in [1.807, 2.05) is 51.1 Å². The molecular formula is C18H19AlNO2. The molecular weight excluding hydrogens is 289 g/mol. The second-order valence-electron chi connectivity index (χ2n) is 5.15. The van der Waals surface area contributed by atoms with Crippen molar-refractivity contribution in [2.45, 2.75) is 20.8 Å². The smallest absolute Gasteiger partial charge is 0.141 e. The van der Waals surface area contributed by atoms with E-state index in [1.54, 1.807) is 18.2 Å². The number of aromatic nitrogens is 1. The minimum Gasteiger partial charge on any atom is -0.508 e. The molecule has 3 rings (SSSR count).